The Labute approximate surface area is 166 Å². The molecule has 1 N–H and O–H groups in total. The van der Waals surface area contributed by atoms with Crippen molar-refractivity contribution in [2.24, 2.45) is 0 Å². The van der Waals surface area contributed by atoms with E-state index in [-0.39, 0.29) is 28.9 Å². The van der Waals surface area contributed by atoms with Crippen LogP contribution >= 0.6 is 0 Å². The monoisotopic (exact) mass is 398 g/mol. The summed E-state index contributed by atoms with van der Waals surface area (Å²) < 4.78 is 14.5. The van der Waals surface area contributed by atoms with Crippen molar-refractivity contribution in [3.05, 3.63) is 81.2 Å². The maximum atomic E-state index is 14.5. The first kappa shape index (κ1) is 20.2. The first-order valence-corrected chi connectivity index (χ1v) is 9.14. The van der Waals surface area contributed by atoms with Crippen LogP contribution in [0.2, 0.25) is 0 Å². The highest BCUT2D eigenvalue weighted by Crippen LogP contribution is 2.40. The zero-order valence-corrected chi connectivity index (χ0v) is 15.7. The molecule has 0 spiro atoms. The quantitative estimate of drug-likeness (QED) is 0.261. The Kier molecular flexibility index (Phi) is 5.72. The van der Waals surface area contributed by atoms with Gasteiger partial charge in [-0.1, -0.05) is 31.5 Å². The normalized spacial score (nSPS) is 18.3. The molecule has 1 heterocycles. The predicted molar refractivity (Wildman–Crippen MR) is 103 cm³/mol. The van der Waals surface area contributed by atoms with E-state index in [1.807, 2.05) is 6.92 Å². The van der Waals surface area contributed by atoms with Gasteiger partial charge in [0.15, 0.2) is 0 Å². The van der Waals surface area contributed by atoms with Gasteiger partial charge >= 0.3 is 0 Å². The molecular weight excluding hydrogens is 379 g/mol. The van der Waals surface area contributed by atoms with E-state index in [0.29, 0.717) is 6.42 Å². The third kappa shape index (κ3) is 3.73. The van der Waals surface area contributed by atoms with Crippen molar-refractivity contribution < 1.29 is 24.0 Å². The Morgan fingerprint density at radius 1 is 1.17 bits per heavy atom. The lowest BCUT2D eigenvalue weighted by Gasteiger charge is -2.25. The number of nitro benzene ring substituents is 1. The average molecular weight is 398 g/mol. The fraction of sp³-hybridized carbons (Fsp3) is 0.238. The number of non-ortho nitro benzene ring substituents is 1. The van der Waals surface area contributed by atoms with Crippen molar-refractivity contribution in [2.45, 2.75) is 25.8 Å². The Morgan fingerprint density at radius 3 is 2.41 bits per heavy atom. The van der Waals surface area contributed by atoms with Crippen molar-refractivity contribution in [1.82, 2.24) is 4.90 Å². The lowest BCUT2D eigenvalue weighted by molar-refractivity contribution is -0.384. The molecule has 8 heteroatoms. The molecule has 1 aliphatic heterocycles. The van der Waals surface area contributed by atoms with Crippen LogP contribution in [0.3, 0.4) is 0 Å². The number of unbranched alkanes of at least 4 members (excludes halogenated alkanes) is 1. The zero-order valence-electron chi connectivity index (χ0n) is 15.7. The molecular formula is C21H19FN2O5. The maximum absolute atomic E-state index is 14.5. The van der Waals surface area contributed by atoms with E-state index < -0.39 is 34.2 Å². The number of hydrogen-bond donors (Lipinski definition) is 1. The van der Waals surface area contributed by atoms with Gasteiger partial charge in [0.25, 0.3) is 17.4 Å². The molecule has 1 saturated heterocycles. The fourth-order valence-electron chi connectivity index (χ4n) is 3.36. The minimum absolute atomic E-state index is 0.103. The number of amides is 1. The van der Waals surface area contributed by atoms with E-state index in [4.69, 9.17) is 0 Å². The summed E-state index contributed by atoms with van der Waals surface area (Å²) in [6.07, 6.45) is 1.37. The second-order valence-electron chi connectivity index (χ2n) is 6.67. The number of carbonyl (C=O) groups is 2. The van der Waals surface area contributed by atoms with Gasteiger partial charge in [0.2, 0.25) is 0 Å². The second kappa shape index (κ2) is 8.22. The molecule has 7 nitrogen and oxygen atoms in total. The van der Waals surface area contributed by atoms with Gasteiger partial charge in [-0.25, -0.2) is 4.39 Å². The van der Waals surface area contributed by atoms with Crippen LogP contribution in [0.1, 0.15) is 36.9 Å². The summed E-state index contributed by atoms with van der Waals surface area (Å²) in [7, 11) is 0. The summed E-state index contributed by atoms with van der Waals surface area (Å²) in [5.74, 6) is -2.82. The Bertz CT molecular complexity index is 1000. The summed E-state index contributed by atoms with van der Waals surface area (Å²) in [5, 5.41) is 21.6. The van der Waals surface area contributed by atoms with Crippen molar-refractivity contribution >= 4 is 23.1 Å². The number of aliphatic hydroxyl groups excluding tert-OH is 1. The third-order valence-electron chi connectivity index (χ3n) is 4.84. The number of hydrogen-bond acceptors (Lipinski definition) is 5. The molecule has 0 radical (unpaired) electrons. The largest absolute Gasteiger partial charge is 0.507 e. The van der Waals surface area contributed by atoms with E-state index in [2.05, 4.69) is 0 Å². The zero-order chi connectivity index (χ0) is 21.1. The molecule has 1 atom stereocenters. The van der Waals surface area contributed by atoms with Crippen LogP contribution in [0.25, 0.3) is 5.76 Å². The van der Waals surface area contributed by atoms with Gasteiger partial charge in [-0.05, 0) is 24.6 Å². The summed E-state index contributed by atoms with van der Waals surface area (Å²) in [6.45, 7) is 2.16. The molecule has 0 aromatic heterocycles. The fourth-order valence-corrected chi connectivity index (χ4v) is 3.36. The number of aliphatic hydroxyl groups is 1. The molecule has 1 fully saturated rings. The van der Waals surface area contributed by atoms with Gasteiger partial charge in [-0.3, -0.25) is 19.7 Å². The van der Waals surface area contributed by atoms with E-state index in [9.17, 15) is 29.2 Å². The van der Waals surface area contributed by atoms with Crippen molar-refractivity contribution in [2.75, 3.05) is 6.54 Å². The lowest BCUT2D eigenvalue weighted by atomic mass is 9.95. The van der Waals surface area contributed by atoms with E-state index in [1.54, 1.807) is 6.07 Å². The molecule has 150 valence electrons. The Hall–Kier alpha value is -3.55. The Morgan fingerprint density at radius 2 is 1.83 bits per heavy atom. The van der Waals surface area contributed by atoms with E-state index in [1.165, 1.54) is 47.4 Å². The minimum Gasteiger partial charge on any atom is -0.507 e. The van der Waals surface area contributed by atoms with Crippen LogP contribution < -0.4 is 0 Å². The minimum atomic E-state index is -1.07. The summed E-state index contributed by atoms with van der Waals surface area (Å²) >= 11 is 0. The summed E-state index contributed by atoms with van der Waals surface area (Å²) in [5.41, 5.74) is -0.183. The van der Waals surface area contributed by atoms with Crippen LogP contribution in [-0.2, 0) is 9.59 Å². The van der Waals surface area contributed by atoms with Gasteiger partial charge in [0.05, 0.1) is 16.5 Å². The van der Waals surface area contributed by atoms with Crippen LogP contribution in [0.4, 0.5) is 10.1 Å². The maximum Gasteiger partial charge on any atom is 0.295 e. The molecule has 1 aliphatic rings. The number of carbonyl (C=O) groups excluding carboxylic acids is 2. The highest BCUT2D eigenvalue weighted by atomic mass is 19.1. The first-order chi connectivity index (χ1) is 13.9. The SMILES string of the molecule is CCCCN1C(=O)C(=O)/C(=C(/O)c2ccc([N+](=O)[O-])cc2)[C@@H]1c1ccccc1F. The van der Waals surface area contributed by atoms with Crippen LogP contribution in [-0.4, -0.2) is 33.2 Å². The van der Waals surface area contributed by atoms with Crippen molar-refractivity contribution in [3.63, 3.8) is 0 Å². The van der Waals surface area contributed by atoms with E-state index in [0.717, 1.165) is 6.42 Å². The Balaban J connectivity index is 2.16. The van der Waals surface area contributed by atoms with Crippen LogP contribution in [0.5, 0.6) is 0 Å². The first-order valence-electron chi connectivity index (χ1n) is 9.14. The second-order valence-corrected chi connectivity index (χ2v) is 6.67. The van der Waals surface area contributed by atoms with Crippen molar-refractivity contribution in [3.8, 4) is 0 Å². The number of rotatable bonds is 6. The average Bonchev–Trinajstić information content (AvgIpc) is 2.96. The molecule has 0 aliphatic carbocycles. The summed E-state index contributed by atoms with van der Waals surface area (Å²) in [4.78, 5) is 36.8. The number of benzene rings is 2. The number of Topliss-reactive ketones (excluding diaryl/α,β-unsaturated/α-hetero) is 1. The highest BCUT2D eigenvalue weighted by Gasteiger charge is 2.46. The molecule has 0 saturated carbocycles. The predicted octanol–water partition coefficient (Wildman–Crippen LogP) is 3.96. The molecule has 0 unspecified atom stereocenters. The van der Waals surface area contributed by atoms with Gasteiger partial charge < -0.3 is 10.0 Å². The van der Waals surface area contributed by atoms with Gasteiger partial charge in [0.1, 0.15) is 11.6 Å². The lowest BCUT2D eigenvalue weighted by Crippen LogP contribution is -2.31. The molecule has 1 amide bonds. The summed E-state index contributed by atoms with van der Waals surface area (Å²) in [6, 6.07) is 9.63. The third-order valence-corrected chi connectivity index (χ3v) is 4.84. The number of nitro groups is 1. The molecule has 29 heavy (non-hydrogen) atoms. The van der Waals surface area contributed by atoms with Gasteiger partial charge in [-0.2, -0.15) is 0 Å². The van der Waals surface area contributed by atoms with Crippen LogP contribution in [0.15, 0.2) is 54.1 Å². The van der Waals surface area contributed by atoms with E-state index >= 15 is 0 Å². The van der Waals surface area contributed by atoms with Crippen LogP contribution in [0, 0.1) is 15.9 Å². The highest BCUT2D eigenvalue weighted by molar-refractivity contribution is 6.46. The number of nitrogens with zero attached hydrogens (tertiary/aromatic N) is 2. The smallest absolute Gasteiger partial charge is 0.295 e. The molecule has 0 bridgehead atoms. The van der Waals surface area contributed by atoms with Crippen molar-refractivity contribution in [1.29, 1.82) is 0 Å². The molecule has 3 rings (SSSR count). The number of ketones is 1. The van der Waals surface area contributed by atoms with Gasteiger partial charge in [-0.15, -0.1) is 0 Å². The number of likely N-dealkylation sites (tertiary alicyclic amines) is 1. The van der Waals surface area contributed by atoms with Gasteiger partial charge in [0, 0.05) is 29.8 Å². The topological polar surface area (TPSA) is 101 Å². The standard InChI is InChI=1S/C21H19FN2O5/c1-2-3-12-23-18(15-6-4-5-7-16(15)22)17(20(26)21(23)27)19(25)13-8-10-14(11-9-13)24(28)29/h4-11,18,25H,2-3,12H2,1H3/b19-17+/t18-/m0/s1. The molecule has 2 aromatic carbocycles. The number of halogens is 1. The molecule has 2 aromatic rings.